The molecular formula is C15H13ClN2O3. The largest absolute Gasteiger partial charge is 0.480 e. The van der Waals surface area contributed by atoms with Crippen molar-refractivity contribution in [3.63, 3.8) is 0 Å². The van der Waals surface area contributed by atoms with E-state index >= 15 is 0 Å². The summed E-state index contributed by atoms with van der Waals surface area (Å²) in [6.45, 7) is 0. The molecule has 1 atom stereocenters. The van der Waals surface area contributed by atoms with E-state index in [9.17, 15) is 14.7 Å². The van der Waals surface area contributed by atoms with Crippen LogP contribution in [0.15, 0.2) is 48.7 Å². The van der Waals surface area contributed by atoms with Gasteiger partial charge >= 0.3 is 5.97 Å². The summed E-state index contributed by atoms with van der Waals surface area (Å²) in [5.41, 5.74) is 1.10. The Labute approximate surface area is 126 Å². The van der Waals surface area contributed by atoms with Crippen molar-refractivity contribution in [3.05, 3.63) is 64.9 Å². The summed E-state index contributed by atoms with van der Waals surface area (Å²) in [7, 11) is 0. The van der Waals surface area contributed by atoms with Crippen LogP contribution < -0.4 is 5.32 Å². The molecule has 0 radical (unpaired) electrons. The number of halogens is 1. The number of carbonyl (C=O) groups excluding carboxylic acids is 1. The number of carbonyl (C=O) groups is 2. The summed E-state index contributed by atoms with van der Waals surface area (Å²) < 4.78 is 0. The van der Waals surface area contributed by atoms with Gasteiger partial charge in [0.15, 0.2) is 0 Å². The molecular weight excluding hydrogens is 292 g/mol. The van der Waals surface area contributed by atoms with E-state index in [2.05, 4.69) is 10.3 Å². The average Bonchev–Trinajstić information content (AvgIpc) is 2.49. The van der Waals surface area contributed by atoms with Gasteiger partial charge in [0.05, 0.1) is 0 Å². The van der Waals surface area contributed by atoms with Gasteiger partial charge in [-0.15, -0.1) is 0 Å². The number of benzene rings is 1. The molecule has 21 heavy (non-hydrogen) atoms. The number of hydrogen-bond donors (Lipinski definition) is 2. The Bertz CT molecular complexity index is 629. The molecule has 0 aliphatic carbocycles. The average molecular weight is 305 g/mol. The minimum Gasteiger partial charge on any atom is -0.480 e. The van der Waals surface area contributed by atoms with Crippen LogP contribution in [0.2, 0.25) is 5.15 Å². The van der Waals surface area contributed by atoms with Gasteiger partial charge < -0.3 is 10.4 Å². The number of nitrogens with one attached hydrogen (secondary N) is 1. The molecule has 2 rings (SSSR count). The molecule has 2 aromatic rings. The van der Waals surface area contributed by atoms with Crippen molar-refractivity contribution in [3.8, 4) is 0 Å². The number of pyridine rings is 1. The van der Waals surface area contributed by atoms with E-state index in [-0.39, 0.29) is 6.42 Å². The maximum absolute atomic E-state index is 12.0. The van der Waals surface area contributed by atoms with Crippen LogP contribution in [0, 0.1) is 0 Å². The summed E-state index contributed by atoms with van der Waals surface area (Å²) >= 11 is 5.68. The predicted octanol–water partition coefficient (Wildman–Crippen LogP) is 2.16. The minimum atomic E-state index is -1.10. The zero-order valence-electron chi connectivity index (χ0n) is 11.0. The third-order valence-corrected chi connectivity index (χ3v) is 3.09. The summed E-state index contributed by atoms with van der Waals surface area (Å²) in [6.07, 6.45) is 1.63. The van der Waals surface area contributed by atoms with Gasteiger partial charge in [0, 0.05) is 18.2 Å². The molecule has 0 spiro atoms. The third kappa shape index (κ3) is 4.29. The fraction of sp³-hybridized carbons (Fsp3) is 0.133. The number of carboxylic acids is 1. The second kappa shape index (κ2) is 6.85. The molecule has 0 saturated carbocycles. The normalized spacial score (nSPS) is 11.7. The van der Waals surface area contributed by atoms with Crippen molar-refractivity contribution in [1.29, 1.82) is 0 Å². The van der Waals surface area contributed by atoms with E-state index in [0.717, 1.165) is 0 Å². The number of amides is 1. The highest BCUT2D eigenvalue weighted by molar-refractivity contribution is 6.29. The third-order valence-electron chi connectivity index (χ3n) is 2.87. The van der Waals surface area contributed by atoms with Crippen molar-refractivity contribution in [1.82, 2.24) is 10.3 Å². The van der Waals surface area contributed by atoms with E-state index in [1.807, 2.05) is 0 Å². The van der Waals surface area contributed by atoms with E-state index in [0.29, 0.717) is 16.3 Å². The van der Waals surface area contributed by atoms with Crippen LogP contribution in [-0.4, -0.2) is 28.0 Å². The van der Waals surface area contributed by atoms with Gasteiger partial charge in [0.2, 0.25) is 0 Å². The molecule has 1 aromatic carbocycles. The van der Waals surface area contributed by atoms with Crippen LogP contribution in [0.5, 0.6) is 0 Å². The van der Waals surface area contributed by atoms with Crippen molar-refractivity contribution in [2.45, 2.75) is 12.5 Å². The molecule has 0 fully saturated rings. The number of hydrogen-bond acceptors (Lipinski definition) is 3. The highest BCUT2D eigenvalue weighted by Gasteiger charge is 2.21. The zero-order valence-corrected chi connectivity index (χ0v) is 11.7. The van der Waals surface area contributed by atoms with Crippen LogP contribution in [-0.2, 0) is 11.2 Å². The Morgan fingerprint density at radius 1 is 1.19 bits per heavy atom. The molecule has 0 saturated heterocycles. The van der Waals surface area contributed by atoms with Gasteiger partial charge in [0.1, 0.15) is 11.2 Å². The molecule has 6 heteroatoms. The summed E-state index contributed by atoms with van der Waals surface area (Å²) in [4.78, 5) is 27.2. The quantitative estimate of drug-likeness (QED) is 0.830. The van der Waals surface area contributed by atoms with E-state index < -0.39 is 17.9 Å². The lowest BCUT2D eigenvalue weighted by molar-refractivity contribution is -0.139. The number of nitrogens with zero attached hydrogens (tertiary/aromatic N) is 1. The zero-order chi connectivity index (χ0) is 15.2. The maximum Gasteiger partial charge on any atom is 0.326 e. The van der Waals surface area contributed by atoms with Crippen molar-refractivity contribution < 1.29 is 14.7 Å². The number of rotatable bonds is 5. The minimum absolute atomic E-state index is 0.137. The first-order chi connectivity index (χ1) is 10.1. The second-order valence-corrected chi connectivity index (χ2v) is 4.81. The first kappa shape index (κ1) is 15.0. The topological polar surface area (TPSA) is 79.3 Å². The van der Waals surface area contributed by atoms with Crippen LogP contribution in [0.3, 0.4) is 0 Å². The van der Waals surface area contributed by atoms with E-state index in [1.165, 1.54) is 6.20 Å². The van der Waals surface area contributed by atoms with Crippen molar-refractivity contribution >= 4 is 23.5 Å². The molecule has 1 aromatic heterocycles. The fourth-order valence-corrected chi connectivity index (χ4v) is 1.91. The first-order valence-electron chi connectivity index (χ1n) is 6.25. The standard InChI is InChI=1S/C15H13ClN2O3/c16-13-7-6-10(9-17-13)8-12(15(20)21)18-14(19)11-4-2-1-3-5-11/h1-7,9,12H,8H2,(H,18,19)(H,20,21)/t12-/m0/s1. The number of aliphatic carboxylic acids is 1. The van der Waals surface area contributed by atoms with Gasteiger partial charge in [-0.3, -0.25) is 4.79 Å². The van der Waals surface area contributed by atoms with Gasteiger partial charge in [-0.2, -0.15) is 0 Å². The lowest BCUT2D eigenvalue weighted by Crippen LogP contribution is -2.42. The lowest BCUT2D eigenvalue weighted by atomic mass is 10.1. The van der Waals surface area contributed by atoms with Crippen molar-refractivity contribution in [2.24, 2.45) is 0 Å². The Balaban J connectivity index is 2.07. The van der Waals surface area contributed by atoms with Crippen molar-refractivity contribution in [2.75, 3.05) is 0 Å². The Kier molecular flexibility index (Phi) is 4.90. The summed E-state index contributed by atoms with van der Waals surface area (Å²) in [6, 6.07) is 10.7. The van der Waals surface area contributed by atoms with Crippen LogP contribution >= 0.6 is 11.6 Å². The first-order valence-corrected chi connectivity index (χ1v) is 6.63. The Morgan fingerprint density at radius 3 is 2.48 bits per heavy atom. The highest BCUT2D eigenvalue weighted by Crippen LogP contribution is 2.08. The molecule has 5 nitrogen and oxygen atoms in total. The SMILES string of the molecule is O=C(N[C@@H](Cc1ccc(Cl)nc1)C(=O)O)c1ccccc1. The molecule has 1 heterocycles. The number of aromatic nitrogens is 1. The molecule has 1 amide bonds. The number of carboxylic acid groups (broad SMARTS) is 1. The molecule has 108 valence electrons. The molecule has 0 bridgehead atoms. The van der Waals surface area contributed by atoms with Gasteiger partial charge in [-0.25, -0.2) is 9.78 Å². The predicted molar refractivity (Wildman–Crippen MR) is 78.3 cm³/mol. The Hall–Kier alpha value is -2.40. The maximum atomic E-state index is 12.0. The smallest absolute Gasteiger partial charge is 0.326 e. The molecule has 2 N–H and O–H groups in total. The summed E-state index contributed by atoms with van der Waals surface area (Å²) in [5.74, 6) is -1.53. The summed E-state index contributed by atoms with van der Waals surface area (Å²) in [5, 5.41) is 12.1. The highest BCUT2D eigenvalue weighted by atomic mass is 35.5. The molecule has 0 unspecified atom stereocenters. The van der Waals surface area contributed by atoms with Gasteiger partial charge in [-0.05, 0) is 23.8 Å². The molecule has 0 aliphatic heterocycles. The lowest BCUT2D eigenvalue weighted by Gasteiger charge is -2.14. The van der Waals surface area contributed by atoms with Gasteiger partial charge in [-0.1, -0.05) is 35.9 Å². The van der Waals surface area contributed by atoms with Crippen LogP contribution in [0.4, 0.5) is 0 Å². The Morgan fingerprint density at radius 2 is 1.90 bits per heavy atom. The second-order valence-electron chi connectivity index (χ2n) is 4.42. The molecule has 0 aliphatic rings. The monoisotopic (exact) mass is 304 g/mol. The van der Waals surface area contributed by atoms with Crippen LogP contribution in [0.25, 0.3) is 0 Å². The fourth-order valence-electron chi connectivity index (χ4n) is 1.79. The van der Waals surface area contributed by atoms with E-state index in [4.69, 9.17) is 11.6 Å². The van der Waals surface area contributed by atoms with Crippen LogP contribution in [0.1, 0.15) is 15.9 Å². The van der Waals surface area contributed by atoms with E-state index in [1.54, 1.807) is 42.5 Å². The van der Waals surface area contributed by atoms with Gasteiger partial charge in [0.25, 0.3) is 5.91 Å².